The van der Waals surface area contributed by atoms with E-state index in [2.05, 4.69) is 15.5 Å². The molecule has 0 saturated heterocycles. The molecule has 1 amide bonds. The highest BCUT2D eigenvalue weighted by atomic mass is 35.5. The largest absolute Gasteiger partial charge is 0.484 e. The Morgan fingerprint density at radius 3 is 2.86 bits per heavy atom. The molecule has 0 unspecified atom stereocenters. The highest BCUT2D eigenvalue weighted by Gasteiger charge is 2.07. The number of ether oxygens (including phenoxy) is 1. The van der Waals surface area contributed by atoms with Gasteiger partial charge in [-0.2, -0.15) is 5.10 Å². The number of benzene rings is 2. The van der Waals surface area contributed by atoms with E-state index in [4.69, 9.17) is 16.3 Å². The number of carbonyl (C=O) groups is 1. The first kappa shape index (κ1) is 13.5. The smallest absolute Gasteiger partial charge is 0.262 e. The van der Waals surface area contributed by atoms with E-state index in [0.717, 1.165) is 10.9 Å². The second-order valence-corrected chi connectivity index (χ2v) is 4.87. The first-order chi connectivity index (χ1) is 10.2. The maximum absolute atomic E-state index is 11.9. The van der Waals surface area contributed by atoms with E-state index in [-0.39, 0.29) is 12.5 Å². The number of para-hydroxylation sites is 1. The van der Waals surface area contributed by atoms with Crippen molar-refractivity contribution in [3.8, 4) is 5.75 Å². The van der Waals surface area contributed by atoms with Crippen molar-refractivity contribution in [2.24, 2.45) is 0 Å². The number of H-pyrrole nitrogens is 1. The minimum atomic E-state index is -0.243. The number of nitrogens with one attached hydrogen (secondary N) is 2. The number of halogens is 1. The molecule has 2 aromatic carbocycles. The van der Waals surface area contributed by atoms with Crippen LogP contribution in [0.25, 0.3) is 10.9 Å². The van der Waals surface area contributed by atoms with Crippen molar-refractivity contribution in [2.75, 3.05) is 11.9 Å². The van der Waals surface area contributed by atoms with Gasteiger partial charge in [-0.25, -0.2) is 0 Å². The molecule has 0 aliphatic carbocycles. The van der Waals surface area contributed by atoms with E-state index in [0.29, 0.717) is 16.5 Å². The van der Waals surface area contributed by atoms with Crippen molar-refractivity contribution in [1.82, 2.24) is 10.2 Å². The monoisotopic (exact) mass is 301 g/mol. The molecule has 106 valence electrons. The summed E-state index contributed by atoms with van der Waals surface area (Å²) >= 11 is 5.78. The van der Waals surface area contributed by atoms with Gasteiger partial charge in [-0.05, 0) is 30.3 Å². The van der Waals surface area contributed by atoms with Crippen molar-refractivity contribution in [1.29, 1.82) is 0 Å². The van der Waals surface area contributed by atoms with Crippen LogP contribution in [0.5, 0.6) is 5.75 Å². The molecule has 0 bridgehead atoms. The van der Waals surface area contributed by atoms with E-state index < -0.39 is 0 Å². The van der Waals surface area contributed by atoms with Crippen LogP contribution >= 0.6 is 11.6 Å². The third-order valence-electron chi connectivity index (χ3n) is 2.93. The van der Waals surface area contributed by atoms with Gasteiger partial charge in [-0.1, -0.05) is 23.7 Å². The average molecular weight is 302 g/mol. The Hall–Kier alpha value is -2.53. The molecule has 21 heavy (non-hydrogen) atoms. The second kappa shape index (κ2) is 5.85. The predicted octanol–water partition coefficient (Wildman–Crippen LogP) is 3.23. The summed E-state index contributed by atoms with van der Waals surface area (Å²) in [5.74, 6) is 0.348. The van der Waals surface area contributed by atoms with Crippen LogP contribution in [0.4, 0.5) is 5.69 Å². The van der Waals surface area contributed by atoms with Gasteiger partial charge in [0.05, 0.1) is 17.4 Å². The van der Waals surface area contributed by atoms with Crippen molar-refractivity contribution in [2.45, 2.75) is 0 Å². The van der Waals surface area contributed by atoms with Gasteiger partial charge in [0, 0.05) is 10.4 Å². The SMILES string of the molecule is O=C(COc1ccc(Cl)cc1)Nc1cccc2cn[nH]c12. The molecule has 0 spiro atoms. The Morgan fingerprint density at radius 2 is 2.05 bits per heavy atom. The molecule has 0 saturated carbocycles. The van der Waals surface area contributed by atoms with Crippen LogP contribution in [-0.2, 0) is 4.79 Å². The third-order valence-corrected chi connectivity index (χ3v) is 3.19. The fourth-order valence-electron chi connectivity index (χ4n) is 1.94. The zero-order valence-electron chi connectivity index (χ0n) is 11.0. The van der Waals surface area contributed by atoms with E-state index in [1.54, 1.807) is 36.5 Å². The number of hydrogen-bond acceptors (Lipinski definition) is 3. The van der Waals surface area contributed by atoms with Gasteiger partial charge in [-0.3, -0.25) is 9.89 Å². The van der Waals surface area contributed by atoms with Crippen molar-refractivity contribution in [3.05, 3.63) is 53.7 Å². The Morgan fingerprint density at radius 1 is 1.24 bits per heavy atom. The lowest BCUT2D eigenvalue weighted by Crippen LogP contribution is -2.20. The Balaban J connectivity index is 1.64. The maximum Gasteiger partial charge on any atom is 0.262 e. The van der Waals surface area contributed by atoms with Gasteiger partial charge < -0.3 is 10.1 Å². The normalized spacial score (nSPS) is 10.5. The number of fused-ring (bicyclic) bond motifs is 1. The molecule has 6 heteroatoms. The highest BCUT2D eigenvalue weighted by molar-refractivity contribution is 6.30. The lowest BCUT2D eigenvalue weighted by atomic mass is 10.2. The molecule has 0 aliphatic rings. The molecule has 1 heterocycles. The molecule has 3 aromatic rings. The molecule has 3 rings (SSSR count). The molecule has 0 aliphatic heterocycles. The zero-order valence-corrected chi connectivity index (χ0v) is 11.7. The first-order valence-electron chi connectivity index (χ1n) is 6.33. The minimum absolute atomic E-state index is 0.0772. The summed E-state index contributed by atoms with van der Waals surface area (Å²) in [6.07, 6.45) is 1.70. The van der Waals surface area contributed by atoms with Crippen LogP contribution < -0.4 is 10.1 Å². The number of rotatable bonds is 4. The lowest BCUT2D eigenvalue weighted by molar-refractivity contribution is -0.118. The molecule has 0 atom stereocenters. The van der Waals surface area contributed by atoms with Gasteiger partial charge >= 0.3 is 0 Å². The Labute approximate surface area is 125 Å². The van der Waals surface area contributed by atoms with E-state index >= 15 is 0 Å². The van der Waals surface area contributed by atoms with Crippen molar-refractivity contribution >= 4 is 34.1 Å². The molecule has 0 fully saturated rings. The van der Waals surface area contributed by atoms with Crippen LogP contribution in [0.15, 0.2) is 48.7 Å². The quantitative estimate of drug-likeness (QED) is 0.777. The Kier molecular flexibility index (Phi) is 3.75. The van der Waals surface area contributed by atoms with Crippen LogP contribution in [0, 0.1) is 0 Å². The molecule has 5 nitrogen and oxygen atoms in total. The summed E-state index contributed by atoms with van der Waals surface area (Å²) in [5.41, 5.74) is 1.46. The Bertz CT molecular complexity index is 768. The number of aromatic amines is 1. The molecule has 0 radical (unpaired) electrons. The zero-order chi connectivity index (χ0) is 14.7. The maximum atomic E-state index is 11.9. The van der Waals surface area contributed by atoms with Crippen molar-refractivity contribution in [3.63, 3.8) is 0 Å². The highest BCUT2D eigenvalue weighted by Crippen LogP contribution is 2.20. The summed E-state index contributed by atoms with van der Waals surface area (Å²) in [5, 5.41) is 11.2. The number of amides is 1. The van der Waals surface area contributed by atoms with Gasteiger partial charge in [0.2, 0.25) is 0 Å². The van der Waals surface area contributed by atoms with Crippen LogP contribution in [0.2, 0.25) is 5.02 Å². The fraction of sp³-hybridized carbons (Fsp3) is 0.0667. The van der Waals surface area contributed by atoms with Crippen LogP contribution in [0.1, 0.15) is 0 Å². The fourth-order valence-corrected chi connectivity index (χ4v) is 2.07. The van der Waals surface area contributed by atoms with Crippen LogP contribution in [-0.4, -0.2) is 22.7 Å². The second-order valence-electron chi connectivity index (χ2n) is 4.43. The molecular weight excluding hydrogens is 290 g/mol. The first-order valence-corrected chi connectivity index (χ1v) is 6.70. The summed E-state index contributed by atoms with van der Waals surface area (Å²) in [6.45, 7) is -0.0772. The van der Waals surface area contributed by atoms with Crippen LogP contribution in [0.3, 0.4) is 0 Å². The number of anilines is 1. The predicted molar refractivity (Wildman–Crippen MR) is 81.7 cm³/mol. The number of aromatic nitrogens is 2. The van der Waals surface area contributed by atoms with Gasteiger partial charge in [-0.15, -0.1) is 0 Å². The number of nitrogens with zero attached hydrogens (tertiary/aromatic N) is 1. The van der Waals surface area contributed by atoms with E-state index in [1.165, 1.54) is 0 Å². The number of hydrogen-bond donors (Lipinski definition) is 2. The van der Waals surface area contributed by atoms with Gasteiger partial charge in [0.15, 0.2) is 6.61 Å². The summed E-state index contributed by atoms with van der Waals surface area (Å²) in [6, 6.07) is 12.4. The van der Waals surface area contributed by atoms with Crippen molar-refractivity contribution < 1.29 is 9.53 Å². The third kappa shape index (κ3) is 3.14. The topological polar surface area (TPSA) is 67.0 Å². The summed E-state index contributed by atoms with van der Waals surface area (Å²) < 4.78 is 5.39. The lowest BCUT2D eigenvalue weighted by Gasteiger charge is -2.08. The van der Waals surface area contributed by atoms with Gasteiger partial charge in [0.1, 0.15) is 5.75 Å². The van der Waals surface area contributed by atoms with E-state index in [1.807, 2.05) is 12.1 Å². The average Bonchev–Trinajstić information content (AvgIpc) is 2.96. The molecule has 2 N–H and O–H groups in total. The standard InChI is InChI=1S/C15H12ClN3O2/c16-11-4-6-12(7-5-11)21-9-14(20)18-13-3-1-2-10-8-17-19-15(10)13/h1-8H,9H2,(H,17,19)(H,18,20). The number of carbonyl (C=O) groups excluding carboxylic acids is 1. The molecular formula is C15H12ClN3O2. The van der Waals surface area contributed by atoms with E-state index in [9.17, 15) is 4.79 Å². The minimum Gasteiger partial charge on any atom is -0.484 e. The summed E-state index contributed by atoms with van der Waals surface area (Å²) in [4.78, 5) is 11.9. The molecule has 1 aromatic heterocycles. The summed E-state index contributed by atoms with van der Waals surface area (Å²) in [7, 11) is 0. The van der Waals surface area contributed by atoms with Gasteiger partial charge in [0.25, 0.3) is 5.91 Å².